The SMILES string of the molecule is COCCOCOc1ccc(Cl)cc1C(=O)Nc1ccc(N2CCN(CC(C)=O)CC2)c(F)c1. The minimum absolute atomic E-state index is 0.0612. The number of piperazine rings is 1. The standard InChI is InChI=1S/C24H29ClFN3O5/c1-17(30)15-28-7-9-29(10-8-28)22-5-4-19(14-21(22)26)27-24(31)20-13-18(25)3-6-23(20)34-16-33-12-11-32-2/h3-6,13-14H,7-12,15-16H2,1-2H3,(H,27,31). The van der Waals surface area contributed by atoms with E-state index in [2.05, 4.69) is 10.2 Å². The summed E-state index contributed by atoms with van der Waals surface area (Å²) in [5.41, 5.74) is 0.970. The second-order valence-electron chi connectivity index (χ2n) is 7.89. The first-order chi connectivity index (χ1) is 16.4. The number of rotatable bonds is 11. The Morgan fingerprint density at radius 2 is 1.85 bits per heavy atom. The lowest BCUT2D eigenvalue weighted by molar-refractivity contribution is -0.118. The quantitative estimate of drug-likeness (QED) is 0.379. The van der Waals surface area contributed by atoms with Crippen molar-refractivity contribution in [1.29, 1.82) is 0 Å². The van der Waals surface area contributed by atoms with Gasteiger partial charge in [0, 0.05) is 44.0 Å². The Hall–Kier alpha value is -2.72. The molecule has 0 bridgehead atoms. The highest BCUT2D eigenvalue weighted by molar-refractivity contribution is 6.31. The number of hydrogen-bond acceptors (Lipinski definition) is 7. The van der Waals surface area contributed by atoms with E-state index in [0.29, 0.717) is 68.1 Å². The normalized spacial score (nSPS) is 14.2. The third kappa shape index (κ3) is 7.39. The first kappa shape index (κ1) is 25.9. The topological polar surface area (TPSA) is 80.3 Å². The van der Waals surface area contributed by atoms with Crippen LogP contribution in [-0.4, -0.2) is 76.4 Å². The number of carbonyl (C=O) groups is 2. The van der Waals surface area contributed by atoms with Gasteiger partial charge in [-0.15, -0.1) is 0 Å². The van der Waals surface area contributed by atoms with Crippen molar-refractivity contribution in [2.75, 3.05) is 70.1 Å². The van der Waals surface area contributed by atoms with Crippen molar-refractivity contribution in [1.82, 2.24) is 4.90 Å². The Morgan fingerprint density at radius 3 is 2.53 bits per heavy atom. The molecule has 184 valence electrons. The van der Waals surface area contributed by atoms with Crippen molar-refractivity contribution in [2.45, 2.75) is 6.92 Å². The lowest BCUT2D eigenvalue weighted by Gasteiger charge is -2.35. The van der Waals surface area contributed by atoms with Crippen LogP contribution >= 0.6 is 11.6 Å². The summed E-state index contributed by atoms with van der Waals surface area (Å²) >= 11 is 6.07. The van der Waals surface area contributed by atoms with Gasteiger partial charge < -0.3 is 24.4 Å². The molecular weight excluding hydrogens is 465 g/mol. The maximum absolute atomic E-state index is 14.9. The van der Waals surface area contributed by atoms with Crippen molar-refractivity contribution >= 4 is 34.7 Å². The van der Waals surface area contributed by atoms with E-state index in [1.165, 1.54) is 12.1 Å². The lowest BCUT2D eigenvalue weighted by Crippen LogP contribution is -2.48. The molecule has 8 nitrogen and oxygen atoms in total. The molecule has 0 aliphatic carbocycles. The molecule has 1 heterocycles. The Bertz CT molecular complexity index is 999. The van der Waals surface area contributed by atoms with Gasteiger partial charge in [-0.3, -0.25) is 14.5 Å². The number of benzene rings is 2. The number of methoxy groups -OCH3 is 1. The van der Waals surface area contributed by atoms with Crippen LogP contribution in [0.4, 0.5) is 15.8 Å². The summed E-state index contributed by atoms with van der Waals surface area (Å²) in [5, 5.41) is 3.06. The van der Waals surface area contributed by atoms with Crippen LogP contribution in [0, 0.1) is 5.82 Å². The van der Waals surface area contributed by atoms with Crippen molar-refractivity contribution < 1.29 is 28.2 Å². The fraction of sp³-hybridized carbons (Fsp3) is 0.417. The predicted molar refractivity (Wildman–Crippen MR) is 128 cm³/mol. The van der Waals surface area contributed by atoms with Crippen molar-refractivity contribution in [3.63, 3.8) is 0 Å². The van der Waals surface area contributed by atoms with Gasteiger partial charge in [-0.1, -0.05) is 11.6 Å². The van der Waals surface area contributed by atoms with Gasteiger partial charge in [-0.25, -0.2) is 4.39 Å². The van der Waals surface area contributed by atoms with Gasteiger partial charge in [0.05, 0.1) is 31.0 Å². The van der Waals surface area contributed by atoms with E-state index in [0.717, 1.165) is 0 Å². The summed E-state index contributed by atoms with van der Waals surface area (Å²) in [7, 11) is 1.57. The number of carbonyl (C=O) groups excluding carboxylic acids is 2. The van der Waals surface area contributed by atoms with Crippen LogP contribution in [0.25, 0.3) is 0 Å². The summed E-state index contributed by atoms with van der Waals surface area (Å²) < 4.78 is 30.6. The molecule has 1 aliphatic heterocycles. The zero-order chi connectivity index (χ0) is 24.5. The Kier molecular flexibility index (Phi) is 9.64. The smallest absolute Gasteiger partial charge is 0.259 e. The molecule has 1 saturated heterocycles. The highest BCUT2D eigenvalue weighted by atomic mass is 35.5. The molecule has 1 aliphatic rings. The number of nitrogens with zero attached hydrogens (tertiary/aromatic N) is 2. The molecule has 2 aromatic rings. The van der Waals surface area contributed by atoms with E-state index in [1.807, 2.05) is 4.90 Å². The van der Waals surface area contributed by atoms with E-state index in [1.54, 1.807) is 38.3 Å². The van der Waals surface area contributed by atoms with Crippen LogP contribution in [0.3, 0.4) is 0 Å². The number of hydrogen-bond donors (Lipinski definition) is 1. The number of ketones is 1. The van der Waals surface area contributed by atoms with Gasteiger partial charge in [0.2, 0.25) is 0 Å². The fourth-order valence-electron chi connectivity index (χ4n) is 3.61. The zero-order valence-corrected chi connectivity index (χ0v) is 20.1. The van der Waals surface area contributed by atoms with Gasteiger partial charge in [0.1, 0.15) is 17.3 Å². The van der Waals surface area contributed by atoms with Gasteiger partial charge in [0.15, 0.2) is 6.79 Å². The second kappa shape index (κ2) is 12.7. The fourth-order valence-corrected chi connectivity index (χ4v) is 3.79. The third-order valence-electron chi connectivity index (χ3n) is 5.28. The van der Waals surface area contributed by atoms with Crippen LogP contribution < -0.4 is 15.0 Å². The molecule has 1 N–H and O–H groups in total. The number of amides is 1. The molecule has 0 radical (unpaired) electrons. The Labute approximate surface area is 203 Å². The summed E-state index contributed by atoms with van der Waals surface area (Å²) in [4.78, 5) is 28.2. The highest BCUT2D eigenvalue weighted by Gasteiger charge is 2.21. The van der Waals surface area contributed by atoms with Crippen molar-refractivity contribution in [3.8, 4) is 5.75 Å². The molecule has 0 spiro atoms. The summed E-state index contributed by atoms with van der Waals surface area (Å²) in [6.07, 6.45) is 0. The molecule has 0 aromatic heterocycles. The van der Waals surface area contributed by atoms with Gasteiger partial charge >= 0.3 is 0 Å². The van der Waals surface area contributed by atoms with E-state index in [-0.39, 0.29) is 18.1 Å². The van der Waals surface area contributed by atoms with E-state index < -0.39 is 11.7 Å². The number of ether oxygens (including phenoxy) is 3. The first-order valence-electron chi connectivity index (χ1n) is 10.9. The van der Waals surface area contributed by atoms with Crippen LogP contribution in [0.5, 0.6) is 5.75 Å². The number of Topliss-reactive ketones (excluding diaryl/α,β-unsaturated/α-hetero) is 1. The summed E-state index contributed by atoms with van der Waals surface area (Å²) in [6.45, 7) is 5.29. The molecular formula is C24H29ClFN3O5. The molecule has 0 unspecified atom stereocenters. The largest absolute Gasteiger partial charge is 0.467 e. The second-order valence-corrected chi connectivity index (χ2v) is 8.33. The number of nitrogens with one attached hydrogen (secondary N) is 1. The molecule has 2 aromatic carbocycles. The van der Waals surface area contributed by atoms with Crippen LogP contribution in [0.15, 0.2) is 36.4 Å². The van der Waals surface area contributed by atoms with Gasteiger partial charge in [0.25, 0.3) is 5.91 Å². The molecule has 34 heavy (non-hydrogen) atoms. The Morgan fingerprint density at radius 1 is 1.09 bits per heavy atom. The molecule has 1 fully saturated rings. The van der Waals surface area contributed by atoms with Crippen LogP contribution in [-0.2, 0) is 14.3 Å². The summed E-state index contributed by atoms with van der Waals surface area (Å²) in [5.74, 6) is -0.516. The van der Waals surface area contributed by atoms with Crippen molar-refractivity contribution in [2.24, 2.45) is 0 Å². The molecule has 0 saturated carbocycles. The molecule has 1 amide bonds. The Balaban J connectivity index is 1.63. The average Bonchev–Trinajstić information content (AvgIpc) is 2.80. The average molecular weight is 494 g/mol. The number of anilines is 2. The van der Waals surface area contributed by atoms with Gasteiger partial charge in [-0.05, 0) is 43.3 Å². The molecule has 10 heteroatoms. The zero-order valence-electron chi connectivity index (χ0n) is 19.3. The molecule has 0 atom stereocenters. The van der Waals surface area contributed by atoms with Crippen molar-refractivity contribution in [3.05, 3.63) is 52.8 Å². The lowest BCUT2D eigenvalue weighted by atomic mass is 10.1. The highest BCUT2D eigenvalue weighted by Crippen LogP contribution is 2.27. The van der Waals surface area contributed by atoms with Crippen LogP contribution in [0.1, 0.15) is 17.3 Å². The van der Waals surface area contributed by atoms with Crippen LogP contribution in [0.2, 0.25) is 5.02 Å². The monoisotopic (exact) mass is 493 g/mol. The van der Waals surface area contributed by atoms with E-state index in [4.69, 9.17) is 25.8 Å². The maximum Gasteiger partial charge on any atom is 0.259 e. The number of halogens is 2. The maximum atomic E-state index is 14.9. The minimum Gasteiger partial charge on any atom is -0.467 e. The van der Waals surface area contributed by atoms with E-state index >= 15 is 0 Å². The molecule has 3 rings (SSSR count). The minimum atomic E-state index is -0.487. The van der Waals surface area contributed by atoms with E-state index in [9.17, 15) is 14.0 Å². The first-order valence-corrected chi connectivity index (χ1v) is 11.3. The predicted octanol–water partition coefficient (Wildman–Crippen LogP) is 3.44. The van der Waals surface area contributed by atoms with Gasteiger partial charge in [-0.2, -0.15) is 0 Å². The third-order valence-corrected chi connectivity index (χ3v) is 5.52. The summed E-state index contributed by atoms with van der Waals surface area (Å²) in [6, 6.07) is 9.24.